The molecule has 0 aliphatic carbocycles. The van der Waals surface area contributed by atoms with Crippen LogP contribution in [0.3, 0.4) is 0 Å². The highest BCUT2D eigenvalue weighted by Gasteiger charge is 2.14. The van der Waals surface area contributed by atoms with Crippen LogP contribution in [0.4, 0.5) is 0 Å². The summed E-state index contributed by atoms with van der Waals surface area (Å²) in [5, 5.41) is 0. The van der Waals surface area contributed by atoms with E-state index in [0.717, 1.165) is 27.6 Å². The van der Waals surface area contributed by atoms with Gasteiger partial charge < -0.3 is 9.47 Å². The molecule has 2 heterocycles. The van der Waals surface area contributed by atoms with Crippen LogP contribution in [-0.2, 0) is 5.88 Å². The van der Waals surface area contributed by atoms with E-state index in [9.17, 15) is 0 Å². The van der Waals surface area contributed by atoms with E-state index in [1.54, 1.807) is 11.3 Å². The number of ether oxygens (including phenoxy) is 2. The molecular weight excluding hydrogens is 258 g/mol. The highest BCUT2D eigenvalue weighted by atomic mass is 35.5. The first-order valence-electron chi connectivity index (χ1n) is 5.27. The molecule has 0 atom stereocenters. The summed E-state index contributed by atoms with van der Waals surface area (Å²) in [5.74, 6) is 2.05. The second-order valence-corrected chi connectivity index (χ2v) is 4.82. The molecule has 3 rings (SSSR count). The largest absolute Gasteiger partial charge is 0.486 e. The van der Waals surface area contributed by atoms with Crippen molar-refractivity contribution < 1.29 is 9.47 Å². The van der Waals surface area contributed by atoms with Gasteiger partial charge in [0.2, 0.25) is 0 Å². The van der Waals surface area contributed by atoms with Crippen LogP contribution in [0.1, 0.15) is 4.88 Å². The molecule has 2 aromatic rings. The molecule has 0 saturated carbocycles. The maximum atomic E-state index is 5.88. The van der Waals surface area contributed by atoms with Crippen LogP contribution < -0.4 is 9.47 Å². The first kappa shape index (κ1) is 10.9. The van der Waals surface area contributed by atoms with Gasteiger partial charge in [0, 0.05) is 10.4 Å². The quantitative estimate of drug-likeness (QED) is 0.782. The summed E-state index contributed by atoms with van der Waals surface area (Å²) < 4.78 is 11.0. The summed E-state index contributed by atoms with van der Waals surface area (Å²) in [5.41, 5.74) is 3.76. The van der Waals surface area contributed by atoms with Crippen molar-refractivity contribution in [2.75, 3.05) is 13.2 Å². The van der Waals surface area contributed by atoms with E-state index in [-0.39, 0.29) is 0 Å². The number of halogens is 1. The third kappa shape index (κ3) is 1.98. The van der Waals surface area contributed by atoms with Gasteiger partial charge in [-0.1, -0.05) is 0 Å². The highest BCUT2D eigenvalue weighted by Crippen LogP contribution is 2.36. The molecule has 0 bridgehead atoms. The van der Waals surface area contributed by atoms with Crippen molar-refractivity contribution in [3.8, 4) is 22.8 Å². The molecule has 1 aromatic carbocycles. The Labute approximate surface area is 108 Å². The molecule has 3 nitrogen and oxygen atoms in total. The molecule has 1 aliphatic rings. The summed E-state index contributed by atoms with van der Waals surface area (Å²) in [6, 6.07) is 5.86. The van der Waals surface area contributed by atoms with Crippen LogP contribution in [-0.4, -0.2) is 18.2 Å². The average molecular weight is 268 g/mol. The molecule has 0 N–H and O–H groups in total. The second-order valence-electron chi connectivity index (χ2n) is 3.62. The third-order valence-corrected chi connectivity index (χ3v) is 3.84. The summed E-state index contributed by atoms with van der Waals surface area (Å²) in [4.78, 5) is 5.42. The minimum atomic E-state index is 0.481. The zero-order valence-corrected chi connectivity index (χ0v) is 10.6. The maximum Gasteiger partial charge on any atom is 0.162 e. The fourth-order valence-electron chi connectivity index (χ4n) is 1.79. The van der Waals surface area contributed by atoms with Crippen LogP contribution in [0.5, 0.6) is 11.5 Å². The number of nitrogens with zero attached hydrogens (tertiary/aromatic N) is 1. The van der Waals surface area contributed by atoms with Crippen LogP contribution in [0.15, 0.2) is 23.7 Å². The number of thiazole rings is 1. The van der Waals surface area contributed by atoms with Crippen molar-refractivity contribution in [1.82, 2.24) is 4.98 Å². The SMILES string of the molecule is ClCc1scnc1-c1ccc2c(c1)OCCO2. The summed E-state index contributed by atoms with van der Waals surface area (Å²) in [7, 11) is 0. The Morgan fingerprint density at radius 3 is 2.88 bits per heavy atom. The van der Waals surface area contributed by atoms with Crippen molar-refractivity contribution in [3.05, 3.63) is 28.6 Å². The van der Waals surface area contributed by atoms with Gasteiger partial charge in [0.05, 0.1) is 17.1 Å². The number of fused-ring (bicyclic) bond motifs is 1. The Balaban J connectivity index is 2.04. The van der Waals surface area contributed by atoms with E-state index < -0.39 is 0 Å². The summed E-state index contributed by atoms with van der Waals surface area (Å²) >= 11 is 7.45. The Bertz CT molecular complexity index is 541. The van der Waals surface area contributed by atoms with Crippen molar-refractivity contribution in [3.63, 3.8) is 0 Å². The molecule has 0 unspecified atom stereocenters. The van der Waals surface area contributed by atoms with Crippen molar-refractivity contribution in [2.45, 2.75) is 5.88 Å². The lowest BCUT2D eigenvalue weighted by atomic mass is 10.1. The Hall–Kier alpha value is -1.26. The molecule has 0 amide bonds. The van der Waals surface area contributed by atoms with E-state index in [0.29, 0.717) is 19.1 Å². The van der Waals surface area contributed by atoms with Gasteiger partial charge in [-0.15, -0.1) is 22.9 Å². The molecular formula is C12H10ClNO2S. The van der Waals surface area contributed by atoms with Gasteiger partial charge in [-0.05, 0) is 18.2 Å². The van der Waals surface area contributed by atoms with E-state index >= 15 is 0 Å². The highest BCUT2D eigenvalue weighted by molar-refractivity contribution is 7.10. The fraction of sp³-hybridized carbons (Fsp3) is 0.250. The monoisotopic (exact) mass is 267 g/mol. The number of hydrogen-bond donors (Lipinski definition) is 0. The zero-order chi connectivity index (χ0) is 11.7. The van der Waals surface area contributed by atoms with Crippen molar-refractivity contribution in [1.29, 1.82) is 0 Å². The Morgan fingerprint density at radius 1 is 1.24 bits per heavy atom. The number of aromatic nitrogens is 1. The predicted octanol–water partition coefficient (Wildman–Crippen LogP) is 3.32. The molecule has 88 valence electrons. The lowest BCUT2D eigenvalue weighted by Gasteiger charge is -2.18. The molecule has 17 heavy (non-hydrogen) atoms. The predicted molar refractivity (Wildman–Crippen MR) is 68.1 cm³/mol. The topological polar surface area (TPSA) is 31.4 Å². The van der Waals surface area contributed by atoms with E-state index in [4.69, 9.17) is 21.1 Å². The van der Waals surface area contributed by atoms with Gasteiger partial charge in [0.1, 0.15) is 13.2 Å². The van der Waals surface area contributed by atoms with Gasteiger partial charge in [-0.2, -0.15) is 0 Å². The van der Waals surface area contributed by atoms with Crippen LogP contribution in [0, 0.1) is 0 Å². The summed E-state index contributed by atoms with van der Waals surface area (Å²) in [6.45, 7) is 1.20. The normalized spacial score (nSPS) is 13.7. The van der Waals surface area contributed by atoms with Crippen LogP contribution in [0.2, 0.25) is 0 Å². The smallest absolute Gasteiger partial charge is 0.162 e. The molecule has 1 aromatic heterocycles. The molecule has 0 saturated heterocycles. The van der Waals surface area contributed by atoms with E-state index in [1.165, 1.54) is 0 Å². The standard InChI is InChI=1S/C12H10ClNO2S/c13-6-11-12(14-7-17-11)8-1-2-9-10(5-8)16-4-3-15-9/h1-2,5,7H,3-4,6H2. The molecule has 0 fully saturated rings. The molecule has 1 aliphatic heterocycles. The average Bonchev–Trinajstić information content (AvgIpc) is 2.86. The first-order valence-corrected chi connectivity index (χ1v) is 6.68. The number of rotatable bonds is 2. The maximum absolute atomic E-state index is 5.88. The van der Waals surface area contributed by atoms with Gasteiger partial charge in [-0.3, -0.25) is 0 Å². The molecule has 0 spiro atoms. The van der Waals surface area contributed by atoms with Crippen LogP contribution >= 0.6 is 22.9 Å². The van der Waals surface area contributed by atoms with Gasteiger partial charge in [0.15, 0.2) is 11.5 Å². The minimum Gasteiger partial charge on any atom is -0.486 e. The van der Waals surface area contributed by atoms with Gasteiger partial charge in [0.25, 0.3) is 0 Å². The van der Waals surface area contributed by atoms with Gasteiger partial charge in [-0.25, -0.2) is 4.98 Å². The zero-order valence-electron chi connectivity index (χ0n) is 8.98. The van der Waals surface area contributed by atoms with Crippen molar-refractivity contribution >= 4 is 22.9 Å². The molecule has 0 radical (unpaired) electrons. The number of hydrogen-bond acceptors (Lipinski definition) is 4. The fourth-order valence-corrected chi connectivity index (χ4v) is 2.74. The number of benzene rings is 1. The van der Waals surface area contributed by atoms with Crippen LogP contribution in [0.25, 0.3) is 11.3 Å². The first-order chi connectivity index (χ1) is 8.38. The lowest BCUT2D eigenvalue weighted by Crippen LogP contribution is -2.15. The summed E-state index contributed by atoms with van der Waals surface area (Å²) in [6.07, 6.45) is 0. The Kier molecular flexibility index (Phi) is 2.91. The van der Waals surface area contributed by atoms with Crippen molar-refractivity contribution in [2.24, 2.45) is 0 Å². The van der Waals surface area contributed by atoms with E-state index in [1.807, 2.05) is 23.7 Å². The Morgan fingerprint density at radius 2 is 2.06 bits per heavy atom. The third-order valence-electron chi connectivity index (χ3n) is 2.58. The van der Waals surface area contributed by atoms with E-state index in [2.05, 4.69) is 4.98 Å². The minimum absolute atomic E-state index is 0.481. The molecule has 5 heteroatoms. The van der Waals surface area contributed by atoms with Gasteiger partial charge >= 0.3 is 0 Å². The lowest BCUT2D eigenvalue weighted by molar-refractivity contribution is 0.171. The number of alkyl halides is 1. The second kappa shape index (κ2) is 4.55.